The number of para-hydroxylation sites is 2. The molecule has 3 heterocycles. The average Bonchev–Trinajstić information content (AvgIpc) is 2.90. The van der Waals surface area contributed by atoms with E-state index in [9.17, 15) is 9.59 Å². The number of pyridine rings is 2. The Kier molecular flexibility index (Phi) is 7.80. The summed E-state index contributed by atoms with van der Waals surface area (Å²) >= 11 is 0. The van der Waals surface area contributed by atoms with Crippen molar-refractivity contribution in [3.05, 3.63) is 71.7 Å². The van der Waals surface area contributed by atoms with Crippen LogP contribution in [-0.2, 0) is 16.1 Å². The number of aryl methyl sites for hydroxylation is 1. The topological polar surface area (TPSA) is 114 Å². The van der Waals surface area contributed by atoms with Gasteiger partial charge in [0.25, 0.3) is 0 Å². The van der Waals surface area contributed by atoms with E-state index < -0.39 is 11.8 Å². The Morgan fingerprint density at radius 1 is 1.14 bits per heavy atom. The number of likely N-dealkylation sites (tertiary alicyclic amines) is 1. The van der Waals surface area contributed by atoms with E-state index in [4.69, 9.17) is 10.5 Å². The molecule has 0 spiro atoms. The number of piperidine rings is 1. The molecule has 36 heavy (non-hydrogen) atoms. The first-order valence-corrected chi connectivity index (χ1v) is 12.0. The molecule has 4 rings (SSSR count). The molecule has 1 aliphatic heterocycles. The van der Waals surface area contributed by atoms with Crippen LogP contribution < -0.4 is 20.7 Å². The Labute approximate surface area is 211 Å². The van der Waals surface area contributed by atoms with Crippen molar-refractivity contribution in [2.75, 3.05) is 37.9 Å². The number of nitrogens with one attached hydrogen (secondary N) is 1. The van der Waals surface area contributed by atoms with Crippen LogP contribution in [0.25, 0.3) is 0 Å². The van der Waals surface area contributed by atoms with Gasteiger partial charge in [-0.15, -0.1) is 0 Å². The number of methoxy groups -OCH3 is 1. The second-order valence-electron chi connectivity index (χ2n) is 9.05. The molecule has 1 saturated heterocycles. The highest BCUT2D eigenvalue weighted by Crippen LogP contribution is 2.34. The summed E-state index contributed by atoms with van der Waals surface area (Å²) in [6.45, 7) is 4.08. The lowest BCUT2D eigenvalue weighted by Gasteiger charge is -2.29. The highest BCUT2D eigenvalue weighted by Gasteiger charge is 2.28. The van der Waals surface area contributed by atoms with E-state index >= 15 is 0 Å². The smallest absolute Gasteiger partial charge is 0.321 e. The average molecular weight is 489 g/mol. The van der Waals surface area contributed by atoms with Gasteiger partial charge in [-0.05, 0) is 81.2 Å². The standard InChI is InChI=1S/C27H32N6O3/c1-18-14-22(17-30-25(18)28)33(23-6-4-5-7-24(23)36-3)27(35)26(34)31-16-21-9-8-20(15-29-21)19-10-12-32(2)13-11-19/h4-9,14-15,17,19H,10-13,16H2,1-3H3,(H2,28,30)(H,31,34). The number of anilines is 3. The summed E-state index contributed by atoms with van der Waals surface area (Å²) in [4.78, 5) is 38.7. The number of carbonyl (C=O) groups is 2. The Hall–Kier alpha value is -3.98. The van der Waals surface area contributed by atoms with Crippen LogP contribution in [0.2, 0.25) is 0 Å². The molecule has 1 fully saturated rings. The summed E-state index contributed by atoms with van der Waals surface area (Å²) in [7, 11) is 3.65. The summed E-state index contributed by atoms with van der Waals surface area (Å²) in [6.07, 6.45) is 5.56. The summed E-state index contributed by atoms with van der Waals surface area (Å²) in [5, 5.41) is 2.70. The summed E-state index contributed by atoms with van der Waals surface area (Å²) in [6, 6.07) is 12.7. The maximum Gasteiger partial charge on any atom is 0.321 e. The van der Waals surface area contributed by atoms with Gasteiger partial charge in [0.05, 0.1) is 36.9 Å². The molecule has 1 aliphatic rings. The fraction of sp³-hybridized carbons (Fsp3) is 0.333. The zero-order valence-electron chi connectivity index (χ0n) is 20.9. The van der Waals surface area contributed by atoms with Crippen LogP contribution in [0.1, 0.15) is 35.6 Å². The lowest BCUT2D eigenvalue weighted by atomic mass is 9.90. The molecule has 0 bridgehead atoms. The number of carbonyl (C=O) groups excluding carboxylic acids is 2. The highest BCUT2D eigenvalue weighted by molar-refractivity contribution is 6.42. The SMILES string of the molecule is COc1ccccc1N(C(=O)C(=O)NCc1ccc(C2CCN(C)CC2)cn1)c1cnc(N)c(C)c1. The second-order valence-corrected chi connectivity index (χ2v) is 9.05. The van der Waals surface area contributed by atoms with Crippen molar-refractivity contribution in [3.8, 4) is 5.75 Å². The van der Waals surface area contributed by atoms with E-state index in [1.54, 1.807) is 37.3 Å². The number of aromatic nitrogens is 2. The molecule has 9 nitrogen and oxygen atoms in total. The van der Waals surface area contributed by atoms with Crippen molar-refractivity contribution in [3.63, 3.8) is 0 Å². The van der Waals surface area contributed by atoms with Crippen molar-refractivity contribution in [2.45, 2.75) is 32.2 Å². The summed E-state index contributed by atoms with van der Waals surface area (Å²) < 4.78 is 5.44. The molecule has 0 unspecified atom stereocenters. The number of nitrogens with zero attached hydrogens (tertiary/aromatic N) is 4. The van der Waals surface area contributed by atoms with E-state index in [1.165, 1.54) is 23.8 Å². The van der Waals surface area contributed by atoms with Crippen LogP contribution in [0.3, 0.4) is 0 Å². The van der Waals surface area contributed by atoms with Crippen LogP contribution >= 0.6 is 0 Å². The Balaban J connectivity index is 1.49. The number of ether oxygens (including phenoxy) is 1. The molecule has 0 aliphatic carbocycles. The molecule has 0 atom stereocenters. The minimum atomic E-state index is -0.770. The Morgan fingerprint density at radius 3 is 2.56 bits per heavy atom. The van der Waals surface area contributed by atoms with Crippen LogP contribution in [-0.4, -0.2) is 53.9 Å². The molecule has 0 saturated carbocycles. The minimum absolute atomic E-state index is 0.136. The lowest BCUT2D eigenvalue weighted by molar-refractivity contribution is -0.137. The molecule has 3 N–H and O–H groups in total. The quantitative estimate of drug-likeness (QED) is 0.512. The van der Waals surface area contributed by atoms with Crippen LogP contribution in [0, 0.1) is 6.92 Å². The van der Waals surface area contributed by atoms with Crippen molar-refractivity contribution >= 4 is 29.0 Å². The minimum Gasteiger partial charge on any atom is -0.495 e. The predicted octanol–water partition coefficient (Wildman–Crippen LogP) is 3.17. The van der Waals surface area contributed by atoms with Crippen molar-refractivity contribution < 1.29 is 14.3 Å². The van der Waals surface area contributed by atoms with Gasteiger partial charge in [-0.25, -0.2) is 4.98 Å². The van der Waals surface area contributed by atoms with E-state index in [0.29, 0.717) is 40.1 Å². The summed E-state index contributed by atoms with van der Waals surface area (Å²) in [5.74, 6) is -0.236. The van der Waals surface area contributed by atoms with Gasteiger partial charge in [0.15, 0.2) is 0 Å². The third-order valence-electron chi connectivity index (χ3n) is 6.55. The third-order valence-corrected chi connectivity index (χ3v) is 6.55. The second kappa shape index (κ2) is 11.2. The molecule has 3 aromatic rings. The van der Waals surface area contributed by atoms with Gasteiger partial charge in [0, 0.05) is 6.20 Å². The molecule has 0 radical (unpaired) electrons. The predicted molar refractivity (Wildman–Crippen MR) is 139 cm³/mol. The number of hydrogen-bond donors (Lipinski definition) is 2. The maximum atomic E-state index is 13.4. The fourth-order valence-corrected chi connectivity index (χ4v) is 4.34. The van der Waals surface area contributed by atoms with Crippen LogP contribution in [0.5, 0.6) is 5.75 Å². The Bertz CT molecular complexity index is 1220. The molecule has 188 valence electrons. The zero-order chi connectivity index (χ0) is 25.7. The van der Waals surface area contributed by atoms with Gasteiger partial charge in [-0.2, -0.15) is 0 Å². The first-order chi connectivity index (χ1) is 17.4. The van der Waals surface area contributed by atoms with E-state index in [0.717, 1.165) is 25.9 Å². The van der Waals surface area contributed by atoms with Gasteiger partial charge in [-0.3, -0.25) is 19.5 Å². The van der Waals surface area contributed by atoms with Crippen molar-refractivity contribution in [1.29, 1.82) is 0 Å². The maximum absolute atomic E-state index is 13.4. The third kappa shape index (κ3) is 5.63. The monoisotopic (exact) mass is 488 g/mol. The zero-order valence-corrected chi connectivity index (χ0v) is 20.9. The Morgan fingerprint density at radius 2 is 1.89 bits per heavy atom. The van der Waals surface area contributed by atoms with Crippen molar-refractivity contribution in [1.82, 2.24) is 20.2 Å². The first-order valence-electron chi connectivity index (χ1n) is 12.0. The first kappa shape index (κ1) is 25.1. The fourth-order valence-electron chi connectivity index (χ4n) is 4.34. The molecule has 1 aromatic carbocycles. The van der Waals surface area contributed by atoms with Crippen LogP contribution in [0.15, 0.2) is 54.9 Å². The van der Waals surface area contributed by atoms with Crippen LogP contribution in [0.4, 0.5) is 17.2 Å². The number of benzene rings is 1. The van der Waals surface area contributed by atoms with E-state index in [-0.39, 0.29) is 6.54 Å². The molecule has 2 aromatic heterocycles. The normalized spacial score (nSPS) is 14.3. The largest absolute Gasteiger partial charge is 0.495 e. The van der Waals surface area contributed by atoms with Gasteiger partial charge in [0.1, 0.15) is 11.6 Å². The van der Waals surface area contributed by atoms with Gasteiger partial charge >= 0.3 is 11.8 Å². The molecular weight excluding hydrogens is 456 g/mol. The number of amides is 2. The molecule has 2 amide bonds. The van der Waals surface area contributed by atoms with Gasteiger partial charge in [0.2, 0.25) is 0 Å². The lowest BCUT2D eigenvalue weighted by Crippen LogP contribution is -2.41. The molecule has 9 heteroatoms. The van der Waals surface area contributed by atoms with E-state index in [1.807, 2.05) is 12.3 Å². The van der Waals surface area contributed by atoms with Crippen molar-refractivity contribution in [2.24, 2.45) is 0 Å². The summed E-state index contributed by atoms with van der Waals surface area (Å²) in [5.41, 5.74) is 9.28. The number of nitrogens with two attached hydrogens (primary N) is 1. The van der Waals surface area contributed by atoms with Gasteiger partial charge in [-0.1, -0.05) is 18.2 Å². The van der Waals surface area contributed by atoms with Gasteiger partial charge < -0.3 is 20.7 Å². The highest BCUT2D eigenvalue weighted by atomic mass is 16.5. The number of hydrogen-bond acceptors (Lipinski definition) is 7. The number of rotatable bonds is 6. The molecular formula is C27H32N6O3. The number of nitrogen functional groups attached to an aromatic ring is 1. The van der Waals surface area contributed by atoms with E-state index in [2.05, 4.69) is 33.3 Å².